The Hall–Kier alpha value is -0.0800. The quantitative estimate of drug-likeness (QED) is 0.728. The van der Waals surface area contributed by atoms with Crippen molar-refractivity contribution >= 4 is 0 Å². The van der Waals surface area contributed by atoms with Gasteiger partial charge in [0.2, 0.25) is 0 Å². The molecule has 116 valence electrons. The van der Waals surface area contributed by atoms with Crippen LogP contribution in [0.25, 0.3) is 0 Å². The summed E-state index contributed by atoms with van der Waals surface area (Å²) >= 11 is 0. The van der Waals surface area contributed by atoms with Crippen molar-refractivity contribution in [2.75, 3.05) is 26.3 Å². The number of rotatable bonds is 2. The molecule has 0 bridgehead atoms. The minimum atomic E-state index is 0.775. The molecule has 0 aliphatic carbocycles. The lowest BCUT2D eigenvalue weighted by atomic mass is 9.89. The third-order valence-corrected chi connectivity index (χ3v) is 4.08. The third kappa shape index (κ3) is 8.65. The molecule has 0 aromatic carbocycles. The Morgan fingerprint density at radius 2 is 1.37 bits per heavy atom. The van der Waals surface area contributed by atoms with Gasteiger partial charge in [-0.3, -0.25) is 0 Å². The smallest absolute Gasteiger partial charge is 0.0468 e. The van der Waals surface area contributed by atoms with Crippen LogP contribution in [0.4, 0.5) is 0 Å². The highest BCUT2D eigenvalue weighted by atomic mass is 16.5. The van der Waals surface area contributed by atoms with Gasteiger partial charge in [-0.15, -0.1) is 0 Å². The molecule has 2 heteroatoms. The monoisotopic (exact) mass is 271 g/mol. The van der Waals surface area contributed by atoms with Gasteiger partial charge in [-0.05, 0) is 64.5 Å². The molecule has 2 rings (SSSR count). The topological polar surface area (TPSA) is 12.5 Å². The summed E-state index contributed by atoms with van der Waals surface area (Å²) in [6, 6.07) is 0.775. The van der Waals surface area contributed by atoms with Crippen molar-refractivity contribution in [3.63, 3.8) is 0 Å². The Morgan fingerprint density at radius 3 is 1.63 bits per heavy atom. The Kier molecular flexibility index (Phi) is 11.7. The van der Waals surface area contributed by atoms with Crippen LogP contribution in [-0.2, 0) is 4.74 Å². The van der Waals surface area contributed by atoms with Crippen molar-refractivity contribution in [1.82, 2.24) is 4.90 Å². The minimum Gasteiger partial charge on any atom is -0.381 e. The molecule has 0 amide bonds. The zero-order chi connectivity index (χ0) is 14.7. The van der Waals surface area contributed by atoms with E-state index in [2.05, 4.69) is 32.6 Å². The lowest BCUT2D eigenvalue weighted by Crippen LogP contribution is -2.26. The second-order valence-electron chi connectivity index (χ2n) is 6.03. The Labute approximate surface area is 121 Å². The largest absolute Gasteiger partial charge is 0.381 e. The fourth-order valence-electron chi connectivity index (χ4n) is 2.64. The summed E-state index contributed by atoms with van der Waals surface area (Å²) in [7, 11) is 0. The molecule has 0 atom stereocenters. The lowest BCUT2D eigenvalue weighted by molar-refractivity contribution is 0.0523. The van der Waals surface area contributed by atoms with E-state index >= 15 is 0 Å². The maximum atomic E-state index is 5.25. The maximum absolute atomic E-state index is 5.25. The lowest BCUT2D eigenvalue weighted by Gasteiger charge is -2.24. The average Bonchev–Trinajstić information content (AvgIpc) is 2.97. The van der Waals surface area contributed by atoms with Crippen LogP contribution in [0.3, 0.4) is 0 Å². The van der Waals surface area contributed by atoms with E-state index in [1.54, 1.807) is 0 Å². The number of ether oxygens (including phenoxy) is 1. The van der Waals surface area contributed by atoms with E-state index in [1.165, 1.54) is 38.8 Å². The summed E-state index contributed by atoms with van der Waals surface area (Å²) in [6.07, 6.45) is 5.38. The molecule has 0 unspecified atom stereocenters. The van der Waals surface area contributed by atoms with Crippen molar-refractivity contribution in [2.24, 2.45) is 11.8 Å². The summed E-state index contributed by atoms with van der Waals surface area (Å²) in [5.74, 6) is 1.78. The summed E-state index contributed by atoms with van der Waals surface area (Å²) in [5, 5.41) is 0. The zero-order valence-corrected chi connectivity index (χ0v) is 14.2. The molecular weight excluding hydrogens is 234 g/mol. The van der Waals surface area contributed by atoms with E-state index in [1.807, 2.05) is 13.8 Å². The van der Waals surface area contributed by atoms with Crippen LogP contribution in [-0.4, -0.2) is 37.2 Å². The molecule has 0 radical (unpaired) electrons. The van der Waals surface area contributed by atoms with Gasteiger partial charge in [0.1, 0.15) is 0 Å². The van der Waals surface area contributed by atoms with Gasteiger partial charge in [0.05, 0.1) is 0 Å². The number of likely N-dealkylation sites (tertiary alicyclic amines) is 1. The highest BCUT2D eigenvalue weighted by molar-refractivity contribution is 4.68. The van der Waals surface area contributed by atoms with Crippen molar-refractivity contribution in [1.29, 1.82) is 0 Å². The number of nitrogens with zero attached hydrogens (tertiary/aromatic N) is 1. The first-order valence-corrected chi connectivity index (χ1v) is 8.43. The molecule has 2 aliphatic rings. The van der Waals surface area contributed by atoms with Crippen molar-refractivity contribution in [2.45, 2.75) is 73.3 Å². The number of hydrogen-bond donors (Lipinski definition) is 0. The summed E-state index contributed by atoms with van der Waals surface area (Å²) in [5.41, 5.74) is 0. The molecule has 0 saturated carbocycles. The highest BCUT2D eigenvalue weighted by Crippen LogP contribution is 2.22. The Bertz CT molecular complexity index is 180. The van der Waals surface area contributed by atoms with Crippen LogP contribution in [0.15, 0.2) is 0 Å². The molecule has 2 aliphatic heterocycles. The zero-order valence-electron chi connectivity index (χ0n) is 14.2. The second kappa shape index (κ2) is 11.7. The van der Waals surface area contributed by atoms with Gasteiger partial charge in [-0.2, -0.15) is 0 Å². The fourth-order valence-corrected chi connectivity index (χ4v) is 2.64. The van der Waals surface area contributed by atoms with Crippen molar-refractivity contribution < 1.29 is 4.74 Å². The molecule has 2 fully saturated rings. The molecule has 2 heterocycles. The predicted octanol–water partition coefficient (Wildman–Crippen LogP) is 4.59. The van der Waals surface area contributed by atoms with Gasteiger partial charge in [0.15, 0.2) is 0 Å². The first kappa shape index (κ1) is 18.9. The summed E-state index contributed by atoms with van der Waals surface area (Å²) in [6.45, 7) is 17.8. The SMILES string of the molecule is CC.CC(C)C1CCOCC1.CC(C)N1CCCC1. The molecule has 0 aromatic heterocycles. The van der Waals surface area contributed by atoms with Gasteiger partial charge in [-0.25, -0.2) is 0 Å². The van der Waals surface area contributed by atoms with E-state index in [-0.39, 0.29) is 0 Å². The van der Waals surface area contributed by atoms with Crippen LogP contribution < -0.4 is 0 Å². The van der Waals surface area contributed by atoms with Gasteiger partial charge in [-0.1, -0.05) is 27.7 Å². The van der Waals surface area contributed by atoms with Gasteiger partial charge in [0.25, 0.3) is 0 Å². The van der Waals surface area contributed by atoms with Crippen molar-refractivity contribution in [3.8, 4) is 0 Å². The van der Waals surface area contributed by atoms with Crippen LogP contribution >= 0.6 is 0 Å². The maximum Gasteiger partial charge on any atom is 0.0468 e. The molecule has 2 saturated heterocycles. The first-order chi connectivity index (χ1) is 9.11. The van der Waals surface area contributed by atoms with Crippen LogP contribution in [0, 0.1) is 11.8 Å². The van der Waals surface area contributed by atoms with E-state index < -0.39 is 0 Å². The summed E-state index contributed by atoms with van der Waals surface area (Å²) in [4.78, 5) is 2.53. The third-order valence-electron chi connectivity index (χ3n) is 4.08. The van der Waals surface area contributed by atoms with Gasteiger partial charge in [0, 0.05) is 19.3 Å². The van der Waals surface area contributed by atoms with E-state index in [4.69, 9.17) is 4.74 Å². The van der Waals surface area contributed by atoms with Crippen molar-refractivity contribution in [3.05, 3.63) is 0 Å². The van der Waals surface area contributed by atoms with Crippen LogP contribution in [0.5, 0.6) is 0 Å². The van der Waals surface area contributed by atoms with Gasteiger partial charge >= 0.3 is 0 Å². The molecule has 2 nitrogen and oxygen atoms in total. The second-order valence-corrected chi connectivity index (χ2v) is 6.03. The highest BCUT2D eigenvalue weighted by Gasteiger charge is 2.16. The predicted molar refractivity (Wildman–Crippen MR) is 85.7 cm³/mol. The molecule has 0 N–H and O–H groups in total. The number of hydrogen-bond acceptors (Lipinski definition) is 2. The Balaban J connectivity index is 0.000000303. The van der Waals surface area contributed by atoms with Crippen LogP contribution in [0.2, 0.25) is 0 Å². The molecular formula is C17H37NO. The molecule has 19 heavy (non-hydrogen) atoms. The van der Waals surface area contributed by atoms with Crippen LogP contribution in [0.1, 0.15) is 67.2 Å². The van der Waals surface area contributed by atoms with E-state index in [0.29, 0.717) is 0 Å². The first-order valence-electron chi connectivity index (χ1n) is 8.43. The van der Waals surface area contributed by atoms with E-state index in [0.717, 1.165) is 31.1 Å². The van der Waals surface area contributed by atoms with Gasteiger partial charge < -0.3 is 9.64 Å². The Morgan fingerprint density at radius 1 is 0.895 bits per heavy atom. The molecule has 0 aromatic rings. The average molecular weight is 271 g/mol. The normalized spacial score (nSPS) is 20.8. The summed E-state index contributed by atoms with van der Waals surface area (Å²) < 4.78 is 5.25. The molecule has 0 spiro atoms. The minimum absolute atomic E-state index is 0.775. The van der Waals surface area contributed by atoms with E-state index in [9.17, 15) is 0 Å². The standard InChI is InChI=1S/C8H16O.C7H15N.C2H6/c1-7(2)8-3-5-9-6-4-8;1-7(2)8-5-3-4-6-8;1-2/h7-8H,3-6H2,1-2H3;7H,3-6H2,1-2H3;1-2H3. The fraction of sp³-hybridized carbons (Fsp3) is 1.00.